The number of aliphatic hydroxyl groups excluding tert-OH is 2. The largest absolute Gasteiger partial charge is 0.394 e. The molecule has 0 aromatic heterocycles. The molecule has 8 heavy (non-hydrogen) atoms. The SMILES string of the molecule is CC([O])CC(O)CO. The molecule has 0 heterocycles. The van der Waals surface area contributed by atoms with Crippen LogP contribution >= 0.6 is 0 Å². The Labute approximate surface area is 48.6 Å². The van der Waals surface area contributed by atoms with Crippen molar-refractivity contribution in [1.82, 2.24) is 0 Å². The fourth-order valence-electron chi connectivity index (χ4n) is 0.458. The van der Waals surface area contributed by atoms with Gasteiger partial charge in [0.2, 0.25) is 0 Å². The maximum atomic E-state index is 10.2. The smallest absolute Gasteiger partial charge is 0.0927 e. The Morgan fingerprint density at radius 3 is 2.25 bits per heavy atom. The summed E-state index contributed by atoms with van der Waals surface area (Å²) in [7, 11) is 0. The third kappa shape index (κ3) is 4.05. The van der Waals surface area contributed by atoms with Gasteiger partial charge in [0.05, 0.1) is 18.8 Å². The van der Waals surface area contributed by atoms with Crippen LogP contribution in [-0.2, 0) is 5.11 Å². The summed E-state index contributed by atoms with van der Waals surface area (Å²) < 4.78 is 0. The fraction of sp³-hybridized carbons (Fsp3) is 1.00. The molecule has 3 nitrogen and oxygen atoms in total. The molecule has 0 aromatic rings. The van der Waals surface area contributed by atoms with E-state index in [0.717, 1.165) is 0 Å². The Balaban J connectivity index is 3.10. The molecule has 0 aromatic carbocycles. The summed E-state index contributed by atoms with van der Waals surface area (Å²) in [6.07, 6.45) is -1.48. The van der Waals surface area contributed by atoms with Crippen molar-refractivity contribution in [2.45, 2.75) is 25.6 Å². The molecular formula is C5H11O3. The summed E-state index contributed by atoms with van der Waals surface area (Å²) in [6, 6.07) is 0. The van der Waals surface area contributed by atoms with Crippen LogP contribution in [0.15, 0.2) is 0 Å². The third-order valence-corrected chi connectivity index (χ3v) is 0.815. The zero-order valence-electron chi connectivity index (χ0n) is 4.87. The summed E-state index contributed by atoms with van der Waals surface area (Å²) in [5.74, 6) is 0. The molecule has 0 amide bonds. The van der Waals surface area contributed by atoms with Gasteiger partial charge in [-0.3, -0.25) is 0 Å². The third-order valence-electron chi connectivity index (χ3n) is 0.815. The Morgan fingerprint density at radius 2 is 2.12 bits per heavy atom. The first kappa shape index (κ1) is 7.88. The Bertz CT molecular complexity index is 53.6. The van der Waals surface area contributed by atoms with Gasteiger partial charge in [-0.1, -0.05) is 0 Å². The van der Waals surface area contributed by atoms with E-state index in [4.69, 9.17) is 10.2 Å². The minimum atomic E-state index is -0.831. The van der Waals surface area contributed by atoms with Crippen molar-refractivity contribution >= 4 is 0 Å². The predicted molar refractivity (Wildman–Crippen MR) is 27.9 cm³/mol. The van der Waals surface area contributed by atoms with Crippen molar-refractivity contribution < 1.29 is 15.3 Å². The van der Waals surface area contributed by atoms with E-state index in [2.05, 4.69) is 0 Å². The molecule has 2 atom stereocenters. The topological polar surface area (TPSA) is 60.4 Å². The minimum absolute atomic E-state index is 0.135. The van der Waals surface area contributed by atoms with Gasteiger partial charge in [0.1, 0.15) is 0 Å². The van der Waals surface area contributed by atoms with Crippen molar-refractivity contribution in [1.29, 1.82) is 0 Å². The monoisotopic (exact) mass is 119 g/mol. The highest BCUT2D eigenvalue weighted by Gasteiger charge is 2.05. The molecule has 1 radical (unpaired) electrons. The second-order valence-corrected chi connectivity index (χ2v) is 1.88. The predicted octanol–water partition coefficient (Wildman–Crippen LogP) is -0.451. The lowest BCUT2D eigenvalue weighted by Crippen LogP contribution is -2.17. The Morgan fingerprint density at radius 1 is 1.62 bits per heavy atom. The van der Waals surface area contributed by atoms with Gasteiger partial charge in [-0.05, 0) is 6.92 Å². The lowest BCUT2D eigenvalue weighted by atomic mass is 10.2. The molecule has 0 saturated carbocycles. The van der Waals surface area contributed by atoms with E-state index in [1.807, 2.05) is 0 Å². The molecule has 0 aliphatic heterocycles. The summed E-state index contributed by atoms with van der Waals surface area (Å²) in [5, 5.41) is 27.0. The molecule has 0 saturated heterocycles. The fourth-order valence-corrected chi connectivity index (χ4v) is 0.458. The van der Waals surface area contributed by atoms with Crippen LogP contribution in [0.2, 0.25) is 0 Å². The van der Waals surface area contributed by atoms with Crippen LogP contribution in [0.5, 0.6) is 0 Å². The van der Waals surface area contributed by atoms with E-state index in [-0.39, 0.29) is 13.0 Å². The molecule has 0 rings (SSSR count). The van der Waals surface area contributed by atoms with E-state index < -0.39 is 12.2 Å². The average Bonchev–Trinajstić information content (AvgIpc) is 1.65. The van der Waals surface area contributed by atoms with Crippen molar-refractivity contribution in [3.8, 4) is 0 Å². The maximum Gasteiger partial charge on any atom is 0.0927 e. The van der Waals surface area contributed by atoms with Crippen molar-refractivity contribution in [3.63, 3.8) is 0 Å². The van der Waals surface area contributed by atoms with E-state index in [9.17, 15) is 5.11 Å². The van der Waals surface area contributed by atoms with Gasteiger partial charge in [-0.2, -0.15) is 0 Å². The van der Waals surface area contributed by atoms with Crippen LogP contribution in [0.1, 0.15) is 13.3 Å². The first-order valence-electron chi connectivity index (χ1n) is 2.61. The van der Waals surface area contributed by atoms with E-state index in [1.54, 1.807) is 0 Å². The van der Waals surface area contributed by atoms with E-state index in [0.29, 0.717) is 0 Å². The maximum absolute atomic E-state index is 10.2. The van der Waals surface area contributed by atoms with Gasteiger partial charge in [0.25, 0.3) is 0 Å². The van der Waals surface area contributed by atoms with Gasteiger partial charge in [-0.25, -0.2) is 5.11 Å². The second kappa shape index (κ2) is 3.83. The van der Waals surface area contributed by atoms with Crippen LogP contribution in [-0.4, -0.2) is 29.0 Å². The van der Waals surface area contributed by atoms with Gasteiger partial charge in [0.15, 0.2) is 0 Å². The standard InChI is InChI=1S/C5H11O3/c1-4(7)2-5(8)3-6/h4-6,8H,2-3H2,1H3. The second-order valence-electron chi connectivity index (χ2n) is 1.88. The molecule has 3 heteroatoms. The molecule has 0 bridgehead atoms. The number of aliphatic hydroxyl groups is 2. The van der Waals surface area contributed by atoms with Gasteiger partial charge in [-0.15, -0.1) is 0 Å². The van der Waals surface area contributed by atoms with E-state index >= 15 is 0 Å². The first-order chi connectivity index (χ1) is 3.66. The summed E-state index contributed by atoms with van der Waals surface area (Å²) >= 11 is 0. The average molecular weight is 119 g/mol. The molecule has 0 fully saturated rings. The van der Waals surface area contributed by atoms with Crippen LogP contribution in [0.4, 0.5) is 0 Å². The van der Waals surface area contributed by atoms with Crippen molar-refractivity contribution in [2.24, 2.45) is 0 Å². The first-order valence-corrected chi connectivity index (χ1v) is 2.61. The molecule has 49 valence electrons. The highest BCUT2D eigenvalue weighted by Crippen LogP contribution is 1.95. The minimum Gasteiger partial charge on any atom is -0.394 e. The summed E-state index contributed by atoms with van der Waals surface area (Å²) in [5.41, 5.74) is 0. The highest BCUT2D eigenvalue weighted by molar-refractivity contribution is 4.55. The van der Waals surface area contributed by atoms with E-state index in [1.165, 1.54) is 6.92 Å². The van der Waals surface area contributed by atoms with Crippen molar-refractivity contribution in [2.75, 3.05) is 6.61 Å². The van der Waals surface area contributed by atoms with Gasteiger partial charge in [0, 0.05) is 6.42 Å². The normalized spacial score (nSPS) is 18.0. The molecule has 0 aliphatic carbocycles. The number of hydrogen-bond donors (Lipinski definition) is 2. The summed E-state index contributed by atoms with van der Waals surface area (Å²) in [6.45, 7) is 1.14. The lowest BCUT2D eigenvalue weighted by Gasteiger charge is -2.05. The van der Waals surface area contributed by atoms with Crippen LogP contribution in [0.3, 0.4) is 0 Å². The quantitative estimate of drug-likeness (QED) is 0.528. The summed E-state index contributed by atoms with van der Waals surface area (Å²) in [4.78, 5) is 0. The Kier molecular flexibility index (Phi) is 3.77. The molecule has 0 spiro atoms. The molecule has 2 N–H and O–H groups in total. The number of rotatable bonds is 3. The van der Waals surface area contributed by atoms with Crippen LogP contribution < -0.4 is 0 Å². The molecule has 0 aliphatic rings. The van der Waals surface area contributed by atoms with Gasteiger partial charge < -0.3 is 10.2 Å². The van der Waals surface area contributed by atoms with Gasteiger partial charge >= 0.3 is 0 Å². The van der Waals surface area contributed by atoms with Crippen molar-refractivity contribution in [3.05, 3.63) is 0 Å². The number of hydrogen-bond acceptors (Lipinski definition) is 2. The van der Waals surface area contributed by atoms with Crippen LogP contribution in [0.25, 0.3) is 0 Å². The molecular weight excluding hydrogens is 108 g/mol. The zero-order valence-corrected chi connectivity index (χ0v) is 4.87. The van der Waals surface area contributed by atoms with Crippen LogP contribution in [0, 0.1) is 0 Å². The lowest BCUT2D eigenvalue weighted by molar-refractivity contribution is 0.0199. The highest BCUT2D eigenvalue weighted by atomic mass is 16.3. The Hall–Kier alpha value is -0.120. The zero-order chi connectivity index (χ0) is 6.57. The molecule has 2 unspecified atom stereocenters.